The van der Waals surface area contributed by atoms with Gasteiger partial charge in [0.1, 0.15) is 5.75 Å². The smallest absolute Gasteiger partial charge is 0.425 e. The van der Waals surface area contributed by atoms with Gasteiger partial charge in [0.2, 0.25) is 0 Å². The Kier molecular flexibility index (Phi) is 7.44. The quantitative estimate of drug-likeness (QED) is 0.425. The lowest BCUT2D eigenvalue weighted by atomic mass is 10.2. The van der Waals surface area contributed by atoms with E-state index in [4.69, 9.17) is 21.4 Å². The highest BCUT2D eigenvalue weighted by molar-refractivity contribution is 7.09. The average molecular weight is 411 g/mol. The number of carbonyl (C=O) groups is 1. The zero-order chi connectivity index (χ0) is 20.0. The molecule has 0 aliphatic heterocycles. The van der Waals surface area contributed by atoms with E-state index in [0.717, 1.165) is 34.8 Å². The van der Waals surface area contributed by atoms with Crippen LogP contribution in [0.2, 0.25) is 5.02 Å². The molecule has 0 radical (unpaired) electrons. The zero-order valence-electron chi connectivity index (χ0n) is 15.7. The lowest BCUT2D eigenvalue weighted by Crippen LogP contribution is -2.21. The normalized spacial score (nSPS) is 12.3. The summed E-state index contributed by atoms with van der Waals surface area (Å²) in [6.07, 6.45) is 0.802. The van der Waals surface area contributed by atoms with Gasteiger partial charge in [-0.3, -0.25) is 0 Å². The van der Waals surface area contributed by atoms with Crippen molar-refractivity contribution in [2.24, 2.45) is 10.1 Å². The number of aromatic nitrogens is 1. The van der Waals surface area contributed by atoms with Gasteiger partial charge in [-0.15, -0.1) is 16.4 Å². The van der Waals surface area contributed by atoms with E-state index in [9.17, 15) is 4.79 Å². The summed E-state index contributed by atoms with van der Waals surface area (Å²) in [6, 6.07) is 5.03. The molecule has 0 spiro atoms. The molecule has 2 aromatic rings. The number of benzene rings is 1. The van der Waals surface area contributed by atoms with Gasteiger partial charge < -0.3 is 14.4 Å². The number of aryl methyl sites for hydroxylation is 1. The summed E-state index contributed by atoms with van der Waals surface area (Å²) >= 11 is 7.65. The van der Waals surface area contributed by atoms with E-state index in [0.29, 0.717) is 16.3 Å². The Morgan fingerprint density at radius 2 is 2.15 bits per heavy atom. The van der Waals surface area contributed by atoms with E-state index >= 15 is 0 Å². The van der Waals surface area contributed by atoms with Gasteiger partial charge in [-0.05, 0) is 38.5 Å². The van der Waals surface area contributed by atoms with Gasteiger partial charge in [-0.2, -0.15) is 4.99 Å². The fourth-order valence-electron chi connectivity index (χ4n) is 2.45. The van der Waals surface area contributed by atoms with E-state index in [1.807, 2.05) is 19.3 Å². The van der Waals surface area contributed by atoms with Crippen molar-refractivity contribution in [2.75, 3.05) is 7.11 Å². The number of halogens is 1. The van der Waals surface area contributed by atoms with Crippen LogP contribution in [-0.2, 0) is 6.54 Å². The second-order valence-corrected chi connectivity index (χ2v) is 7.46. The summed E-state index contributed by atoms with van der Waals surface area (Å²) in [5, 5.41) is 13.4. The highest BCUT2D eigenvalue weighted by Crippen LogP contribution is 2.24. The number of methoxy groups -OCH3 is 1. The van der Waals surface area contributed by atoms with Crippen LogP contribution in [0.25, 0.3) is 0 Å². The van der Waals surface area contributed by atoms with Crippen LogP contribution in [0, 0.1) is 13.8 Å². The van der Waals surface area contributed by atoms with Crippen LogP contribution >= 0.6 is 22.9 Å². The molecular formula is C18H23ClN4O3S. The molecule has 0 unspecified atom stereocenters. The van der Waals surface area contributed by atoms with E-state index in [-0.39, 0.29) is 5.84 Å². The Labute approximate surface area is 167 Å². The lowest BCUT2D eigenvalue weighted by molar-refractivity contribution is 0.195. The first-order chi connectivity index (χ1) is 12.9. The average Bonchev–Trinajstić information content (AvgIpc) is 2.90. The van der Waals surface area contributed by atoms with Crippen LogP contribution in [0.4, 0.5) is 4.79 Å². The molecule has 1 amide bonds. The second-order valence-electron chi connectivity index (χ2n) is 5.84. The summed E-state index contributed by atoms with van der Waals surface area (Å²) in [5.74, 6) is 0.683. The Balaban J connectivity index is 2.66. The number of thiazole rings is 1. The third-order valence-electron chi connectivity index (χ3n) is 3.99. The number of hydrogen-bond acceptors (Lipinski definition) is 4. The standard InChI is InChI=1S/C18H23ClN4O3S/c1-5-6-9-23-11(2)12(3)27-17(23)20-16(21-22-18(24)25)14-10-13(19)7-8-15(14)26-4/h7-8,10,22H,5-6,9H2,1-4H3,(H,24,25). The summed E-state index contributed by atoms with van der Waals surface area (Å²) in [7, 11) is 1.52. The molecule has 146 valence electrons. The first-order valence-corrected chi connectivity index (χ1v) is 9.68. The summed E-state index contributed by atoms with van der Waals surface area (Å²) in [6.45, 7) is 7.05. The number of nitrogens with one attached hydrogen (secondary N) is 1. The number of carboxylic acid groups (broad SMARTS) is 1. The van der Waals surface area contributed by atoms with Crippen molar-refractivity contribution in [3.05, 3.63) is 44.2 Å². The molecule has 27 heavy (non-hydrogen) atoms. The number of amides is 1. The largest absolute Gasteiger partial charge is 0.496 e. The number of amidine groups is 1. The van der Waals surface area contributed by atoms with Crippen molar-refractivity contribution in [1.82, 2.24) is 9.99 Å². The minimum absolute atomic E-state index is 0.184. The molecule has 0 saturated heterocycles. The van der Waals surface area contributed by atoms with Gasteiger partial charge in [0.15, 0.2) is 10.6 Å². The number of hydrazone groups is 1. The molecule has 1 aromatic carbocycles. The van der Waals surface area contributed by atoms with Crippen LogP contribution in [0.3, 0.4) is 0 Å². The fourth-order valence-corrected chi connectivity index (χ4v) is 3.63. The molecule has 1 aromatic heterocycles. The molecular weight excluding hydrogens is 388 g/mol. The van der Waals surface area contributed by atoms with Gasteiger partial charge >= 0.3 is 6.09 Å². The predicted molar refractivity (Wildman–Crippen MR) is 108 cm³/mol. The van der Waals surface area contributed by atoms with Crippen molar-refractivity contribution in [3.63, 3.8) is 0 Å². The summed E-state index contributed by atoms with van der Waals surface area (Å²) < 4.78 is 7.49. The highest BCUT2D eigenvalue weighted by atomic mass is 35.5. The maximum atomic E-state index is 11.0. The highest BCUT2D eigenvalue weighted by Gasteiger charge is 2.14. The number of ether oxygens (including phenoxy) is 1. The summed E-state index contributed by atoms with van der Waals surface area (Å²) in [4.78, 5) is 17.5. The molecule has 0 saturated carbocycles. The molecule has 0 bridgehead atoms. The van der Waals surface area contributed by atoms with Crippen LogP contribution in [-0.4, -0.2) is 28.7 Å². The molecule has 7 nitrogen and oxygen atoms in total. The minimum Gasteiger partial charge on any atom is -0.496 e. The Hall–Kier alpha value is -2.32. The van der Waals surface area contributed by atoms with Crippen LogP contribution in [0.1, 0.15) is 35.9 Å². The number of unbranched alkanes of at least 4 members (excludes halogenated alkanes) is 1. The van der Waals surface area contributed by atoms with Crippen molar-refractivity contribution in [3.8, 4) is 5.75 Å². The Morgan fingerprint density at radius 1 is 1.41 bits per heavy atom. The predicted octanol–water partition coefficient (Wildman–Crippen LogP) is 4.16. The summed E-state index contributed by atoms with van der Waals surface area (Å²) in [5.41, 5.74) is 3.67. The van der Waals surface area contributed by atoms with E-state index < -0.39 is 6.09 Å². The van der Waals surface area contributed by atoms with Crippen molar-refractivity contribution >= 4 is 34.9 Å². The maximum Gasteiger partial charge on any atom is 0.425 e. The molecule has 0 aliphatic carbocycles. The monoisotopic (exact) mass is 410 g/mol. The van der Waals surface area contributed by atoms with Gasteiger partial charge in [0, 0.05) is 22.1 Å². The minimum atomic E-state index is -1.28. The van der Waals surface area contributed by atoms with Gasteiger partial charge in [-0.25, -0.2) is 10.2 Å². The van der Waals surface area contributed by atoms with Crippen LogP contribution in [0.15, 0.2) is 28.3 Å². The van der Waals surface area contributed by atoms with Gasteiger partial charge in [0.05, 0.1) is 12.7 Å². The van der Waals surface area contributed by atoms with E-state index in [1.165, 1.54) is 18.4 Å². The Bertz CT molecular complexity index is 918. The second kappa shape index (κ2) is 9.57. The van der Waals surface area contributed by atoms with Crippen molar-refractivity contribution < 1.29 is 14.6 Å². The van der Waals surface area contributed by atoms with Crippen molar-refractivity contribution in [1.29, 1.82) is 0 Å². The number of nitrogens with zero attached hydrogens (tertiary/aromatic N) is 3. The van der Waals surface area contributed by atoms with Crippen LogP contribution < -0.4 is 15.0 Å². The number of rotatable bonds is 6. The molecule has 0 aliphatic rings. The van der Waals surface area contributed by atoms with Gasteiger partial charge in [0.25, 0.3) is 0 Å². The Morgan fingerprint density at radius 3 is 2.78 bits per heavy atom. The fraction of sp³-hybridized carbons (Fsp3) is 0.389. The first-order valence-electron chi connectivity index (χ1n) is 8.49. The molecule has 9 heteroatoms. The maximum absolute atomic E-state index is 11.0. The topological polar surface area (TPSA) is 88.2 Å². The van der Waals surface area contributed by atoms with Gasteiger partial charge in [-0.1, -0.05) is 24.9 Å². The van der Waals surface area contributed by atoms with E-state index in [1.54, 1.807) is 18.2 Å². The molecule has 2 rings (SSSR count). The zero-order valence-corrected chi connectivity index (χ0v) is 17.3. The molecule has 0 fully saturated rings. The molecule has 2 N–H and O–H groups in total. The van der Waals surface area contributed by atoms with Crippen molar-refractivity contribution in [2.45, 2.75) is 40.2 Å². The number of hydrogen-bond donors (Lipinski definition) is 2. The lowest BCUT2D eigenvalue weighted by Gasteiger charge is -2.09. The third kappa shape index (κ3) is 5.33. The SMILES string of the molecule is CCCCn1c(C)c(C)sc1=NC(=NNC(=O)O)c1cc(Cl)ccc1OC. The van der Waals surface area contributed by atoms with E-state index in [2.05, 4.69) is 21.6 Å². The van der Waals surface area contributed by atoms with Crippen LogP contribution in [0.5, 0.6) is 5.75 Å². The molecule has 1 heterocycles. The third-order valence-corrected chi connectivity index (χ3v) is 5.32. The first kappa shape index (κ1) is 21.0. The molecule has 0 atom stereocenters.